The molecule has 2 aliphatic heterocycles. The van der Waals surface area contributed by atoms with Crippen molar-refractivity contribution in [2.75, 3.05) is 41.7 Å². The molecule has 2 aromatic rings. The fraction of sp³-hybridized carbons (Fsp3) is 0.375. The van der Waals surface area contributed by atoms with Crippen LogP contribution in [-0.4, -0.2) is 43.0 Å². The highest BCUT2D eigenvalue weighted by Crippen LogP contribution is 2.34. The Labute approximate surface area is 177 Å². The molecule has 158 valence electrons. The van der Waals surface area contributed by atoms with Gasteiger partial charge in [0.1, 0.15) is 5.82 Å². The molecule has 1 fully saturated rings. The lowest BCUT2D eigenvalue weighted by Gasteiger charge is -2.39. The van der Waals surface area contributed by atoms with Crippen LogP contribution in [0, 0.1) is 12.7 Å². The number of hydrogen-bond donors (Lipinski definition) is 2. The summed E-state index contributed by atoms with van der Waals surface area (Å²) in [7, 11) is 0. The first kappa shape index (κ1) is 20.4. The number of hydrogen-bond acceptors (Lipinski definition) is 4. The van der Waals surface area contributed by atoms with E-state index in [9.17, 15) is 9.18 Å². The summed E-state index contributed by atoms with van der Waals surface area (Å²) in [6, 6.07) is 11.5. The fourth-order valence-electron chi connectivity index (χ4n) is 4.26. The molecule has 2 aliphatic rings. The average molecular weight is 409 g/mol. The molecule has 0 bridgehead atoms. The number of rotatable bonds is 5. The van der Waals surface area contributed by atoms with Gasteiger partial charge in [-0.2, -0.15) is 0 Å². The monoisotopic (exact) mass is 408 g/mol. The van der Waals surface area contributed by atoms with Crippen LogP contribution in [0.15, 0.2) is 42.6 Å². The molecule has 2 N–H and O–H groups in total. The molecule has 1 saturated heterocycles. The van der Waals surface area contributed by atoms with E-state index in [1.807, 2.05) is 6.07 Å². The Kier molecular flexibility index (Phi) is 5.77. The Hall–Kier alpha value is -2.86. The number of nitrogens with one attached hydrogen (secondary N) is 2. The maximum Gasteiger partial charge on any atom is 0.257 e. The van der Waals surface area contributed by atoms with Crippen molar-refractivity contribution >= 4 is 28.5 Å². The normalized spacial score (nSPS) is 19.0. The number of carbonyl (C=O) groups is 1. The molecule has 2 heterocycles. The molecule has 0 saturated carbocycles. The van der Waals surface area contributed by atoms with Gasteiger partial charge < -0.3 is 15.5 Å². The third-order valence-corrected chi connectivity index (χ3v) is 6.22. The quantitative estimate of drug-likeness (QED) is 0.717. The molecule has 1 unspecified atom stereocenters. The summed E-state index contributed by atoms with van der Waals surface area (Å²) >= 11 is 0. The molecule has 1 amide bonds. The van der Waals surface area contributed by atoms with Crippen LogP contribution in [0.25, 0.3) is 5.57 Å². The molecular weight excluding hydrogens is 379 g/mol. The molecule has 30 heavy (non-hydrogen) atoms. The van der Waals surface area contributed by atoms with Crippen LogP contribution in [-0.2, 0) is 4.79 Å². The second kappa shape index (κ2) is 8.48. The van der Waals surface area contributed by atoms with E-state index in [2.05, 4.69) is 53.3 Å². The topological polar surface area (TPSA) is 47.6 Å². The summed E-state index contributed by atoms with van der Waals surface area (Å²) < 4.78 is 14.2. The zero-order valence-electron chi connectivity index (χ0n) is 17.8. The number of aryl methyl sites for hydroxylation is 1. The second-order valence-electron chi connectivity index (χ2n) is 8.10. The van der Waals surface area contributed by atoms with Crippen molar-refractivity contribution in [3.63, 3.8) is 0 Å². The van der Waals surface area contributed by atoms with Gasteiger partial charge in [-0.1, -0.05) is 13.0 Å². The summed E-state index contributed by atoms with van der Waals surface area (Å²) in [5.74, 6) is -0.697. The van der Waals surface area contributed by atoms with E-state index in [1.165, 1.54) is 23.7 Å². The third-order valence-electron chi connectivity index (χ3n) is 6.22. The van der Waals surface area contributed by atoms with E-state index >= 15 is 0 Å². The Bertz CT molecular complexity index is 979. The number of halogens is 1. The molecule has 0 aliphatic carbocycles. The van der Waals surface area contributed by atoms with Crippen LogP contribution in [0.2, 0.25) is 0 Å². The zero-order valence-corrected chi connectivity index (χ0v) is 17.8. The highest BCUT2D eigenvalue weighted by molar-refractivity contribution is 6.31. The van der Waals surface area contributed by atoms with E-state index < -0.39 is 5.82 Å². The fourth-order valence-corrected chi connectivity index (χ4v) is 4.26. The van der Waals surface area contributed by atoms with E-state index in [0.717, 1.165) is 31.9 Å². The predicted octanol–water partition coefficient (Wildman–Crippen LogP) is 4.46. The van der Waals surface area contributed by atoms with Gasteiger partial charge in [0.25, 0.3) is 5.91 Å². The largest absolute Gasteiger partial charge is 0.369 e. The molecule has 0 aromatic heterocycles. The molecule has 6 heteroatoms. The maximum absolute atomic E-state index is 14.2. The predicted molar refractivity (Wildman–Crippen MR) is 121 cm³/mol. The molecular formula is C24H29FN4O. The summed E-state index contributed by atoms with van der Waals surface area (Å²) in [4.78, 5) is 17.2. The van der Waals surface area contributed by atoms with Crippen LogP contribution < -0.4 is 15.5 Å². The smallest absolute Gasteiger partial charge is 0.257 e. The molecule has 5 nitrogen and oxygen atoms in total. The third kappa shape index (κ3) is 3.92. The SMILES string of the molecule is CCC(C)N1CCN(c2ccc(NC=C3C(=O)Nc4cccc(F)c43)cc2C)CC1. The van der Waals surface area contributed by atoms with E-state index in [0.29, 0.717) is 22.9 Å². The first-order valence-electron chi connectivity index (χ1n) is 10.6. The van der Waals surface area contributed by atoms with Gasteiger partial charge in [0, 0.05) is 55.4 Å². The highest BCUT2D eigenvalue weighted by atomic mass is 19.1. The lowest BCUT2D eigenvalue weighted by molar-refractivity contribution is -0.110. The van der Waals surface area contributed by atoms with E-state index in [4.69, 9.17) is 0 Å². The van der Waals surface area contributed by atoms with Crippen LogP contribution in [0.1, 0.15) is 31.4 Å². The number of fused-ring (bicyclic) bond motifs is 1. The van der Waals surface area contributed by atoms with Crippen LogP contribution >= 0.6 is 0 Å². The van der Waals surface area contributed by atoms with Gasteiger partial charge in [0.15, 0.2) is 0 Å². The highest BCUT2D eigenvalue weighted by Gasteiger charge is 2.27. The minimum atomic E-state index is -0.401. The lowest BCUT2D eigenvalue weighted by atomic mass is 10.1. The summed E-state index contributed by atoms with van der Waals surface area (Å²) in [6.45, 7) is 10.9. The van der Waals surface area contributed by atoms with Crippen molar-refractivity contribution < 1.29 is 9.18 Å². The number of carbonyl (C=O) groups excluding carboxylic acids is 1. The number of benzene rings is 2. The Morgan fingerprint density at radius 3 is 2.67 bits per heavy atom. The Balaban J connectivity index is 1.46. The Morgan fingerprint density at radius 1 is 1.20 bits per heavy atom. The van der Waals surface area contributed by atoms with Gasteiger partial charge in [0.2, 0.25) is 0 Å². The van der Waals surface area contributed by atoms with Crippen molar-refractivity contribution in [3.8, 4) is 0 Å². The van der Waals surface area contributed by atoms with Crippen molar-refractivity contribution in [3.05, 3.63) is 59.5 Å². The van der Waals surface area contributed by atoms with Gasteiger partial charge in [-0.25, -0.2) is 4.39 Å². The minimum Gasteiger partial charge on any atom is -0.369 e. The maximum atomic E-state index is 14.2. The van der Waals surface area contributed by atoms with E-state index in [1.54, 1.807) is 18.3 Å². The first-order valence-corrected chi connectivity index (χ1v) is 10.6. The van der Waals surface area contributed by atoms with Gasteiger partial charge in [-0.15, -0.1) is 0 Å². The minimum absolute atomic E-state index is 0.296. The number of amides is 1. The van der Waals surface area contributed by atoms with E-state index in [-0.39, 0.29) is 5.91 Å². The van der Waals surface area contributed by atoms with Gasteiger partial charge in [-0.3, -0.25) is 9.69 Å². The van der Waals surface area contributed by atoms with Crippen LogP contribution in [0.4, 0.5) is 21.5 Å². The Morgan fingerprint density at radius 2 is 1.97 bits per heavy atom. The van der Waals surface area contributed by atoms with Crippen LogP contribution in [0.5, 0.6) is 0 Å². The first-order chi connectivity index (χ1) is 14.5. The average Bonchev–Trinajstić information content (AvgIpc) is 3.08. The van der Waals surface area contributed by atoms with Gasteiger partial charge in [-0.05, 0) is 56.2 Å². The van der Waals surface area contributed by atoms with Gasteiger partial charge in [0.05, 0.1) is 11.3 Å². The van der Waals surface area contributed by atoms with Crippen molar-refractivity contribution in [2.45, 2.75) is 33.2 Å². The standard InChI is InChI=1S/C24H29FN4O/c1-4-17(3)28-10-12-29(13-11-28)22-9-8-18(14-16(22)2)26-15-19-23-20(25)6-5-7-21(23)27-24(19)30/h5-9,14-15,17,26H,4,10-13H2,1-3H3,(H,27,30). The second-order valence-corrected chi connectivity index (χ2v) is 8.10. The van der Waals surface area contributed by atoms with Crippen molar-refractivity contribution in [1.82, 2.24) is 4.90 Å². The molecule has 4 rings (SSSR count). The molecule has 2 aromatic carbocycles. The van der Waals surface area contributed by atoms with Crippen molar-refractivity contribution in [1.29, 1.82) is 0 Å². The van der Waals surface area contributed by atoms with Crippen LogP contribution in [0.3, 0.4) is 0 Å². The summed E-state index contributed by atoms with van der Waals surface area (Å²) in [5.41, 5.74) is 4.44. The summed E-state index contributed by atoms with van der Waals surface area (Å²) in [6.07, 6.45) is 2.77. The number of anilines is 3. The van der Waals surface area contributed by atoms with Crippen molar-refractivity contribution in [2.24, 2.45) is 0 Å². The molecule has 1 atom stereocenters. The number of nitrogens with zero attached hydrogens (tertiary/aromatic N) is 2. The number of piperazine rings is 1. The molecule has 0 radical (unpaired) electrons. The molecule has 0 spiro atoms. The summed E-state index contributed by atoms with van der Waals surface area (Å²) in [5, 5.41) is 5.88. The lowest BCUT2D eigenvalue weighted by Crippen LogP contribution is -2.49. The zero-order chi connectivity index (χ0) is 21.3. The van der Waals surface area contributed by atoms with Gasteiger partial charge >= 0.3 is 0 Å².